The minimum Gasteiger partial charge on any atom is -0.467 e. The van der Waals surface area contributed by atoms with Crippen molar-refractivity contribution in [2.45, 2.75) is 6.42 Å². The van der Waals surface area contributed by atoms with E-state index in [1.54, 1.807) is 0 Å². The highest BCUT2D eigenvalue weighted by Gasteiger charge is 2.13. The second kappa shape index (κ2) is 3.58. The lowest BCUT2D eigenvalue weighted by molar-refractivity contribution is 0.0598. The van der Waals surface area contributed by atoms with Gasteiger partial charge in [-0.15, -0.1) is 0 Å². The maximum atomic E-state index is 11.0. The Morgan fingerprint density at radius 3 is 3.17 bits per heavy atom. The topological polar surface area (TPSA) is 63.2 Å². The molecule has 0 aliphatic heterocycles. The van der Waals surface area contributed by atoms with E-state index in [1.807, 2.05) is 6.07 Å². The first kappa shape index (κ1) is 8.34. The largest absolute Gasteiger partial charge is 0.467 e. The Balaban J connectivity index is 2.92. The lowest BCUT2D eigenvalue weighted by atomic mass is 10.2. The van der Waals surface area contributed by atoms with Crippen LogP contribution in [0.25, 0.3) is 0 Å². The summed E-state index contributed by atoms with van der Waals surface area (Å²) in [6.07, 6.45) is 1.44. The highest BCUT2D eigenvalue weighted by molar-refractivity contribution is 5.90. The Morgan fingerprint density at radius 2 is 2.58 bits per heavy atom. The van der Waals surface area contributed by atoms with Crippen molar-refractivity contribution < 1.29 is 13.9 Å². The minimum atomic E-state index is -0.478. The molecular formula is C8H7NO3. The van der Waals surface area contributed by atoms with Crippen LogP contribution < -0.4 is 0 Å². The van der Waals surface area contributed by atoms with Crippen LogP contribution in [0, 0.1) is 11.3 Å². The molecule has 1 heterocycles. The third-order valence-electron chi connectivity index (χ3n) is 1.39. The van der Waals surface area contributed by atoms with Crippen molar-refractivity contribution in [2.75, 3.05) is 7.11 Å². The molecule has 0 fully saturated rings. The molecule has 0 unspecified atom stereocenters. The first-order valence-electron chi connectivity index (χ1n) is 3.31. The summed E-state index contributed by atoms with van der Waals surface area (Å²) in [5.74, 6) is -0.127. The summed E-state index contributed by atoms with van der Waals surface area (Å²) < 4.78 is 9.38. The molecule has 0 aromatic carbocycles. The molecule has 0 aliphatic rings. The summed E-state index contributed by atoms with van der Waals surface area (Å²) in [5, 5.41) is 8.35. The fraction of sp³-hybridized carbons (Fsp3) is 0.250. The van der Waals surface area contributed by atoms with Gasteiger partial charge in [-0.1, -0.05) is 0 Å². The van der Waals surface area contributed by atoms with Crippen LogP contribution in [-0.2, 0) is 11.2 Å². The molecular weight excluding hydrogens is 158 g/mol. The Bertz CT molecular complexity index is 321. The quantitative estimate of drug-likeness (QED) is 0.616. The lowest BCUT2D eigenvalue weighted by Gasteiger charge is -1.95. The first-order valence-corrected chi connectivity index (χ1v) is 3.31. The summed E-state index contributed by atoms with van der Waals surface area (Å²) in [4.78, 5) is 11.0. The van der Waals surface area contributed by atoms with Crippen LogP contribution >= 0.6 is 0 Å². The van der Waals surface area contributed by atoms with Gasteiger partial charge in [-0.3, -0.25) is 0 Å². The molecule has 0 amide bonds. The van der Waals surface area contributed by atoms with Gasteiger partial charge in [0.15, 0.2) is 0 Å². The lowest BCUT2D eigenvalue weighted by Crippen LogP contribution is -2.02. The van der Waals surface area contributed by atoms with Crippen LogP contribution in [0.2, 0.25) is 0 Å². The molecule has 0 saturated heterocycles. The molecule has 0 radical (unpaired) electrons. The Kier molecular flexibility index (Phi) is 2.49. The van der Waals surface area contributed by atoms with Gasteiger partial charge < -0.3 is 9.15 Å². The smallest absolute Gasteiger partial charge is 0.341 e. The van der Waals surface area contributed by atoms with Crippen LogP contribution in [0.1, 0.15) is 16.1 Å². The Morgan fingerprint density at radius 1 is 1.83 bits per heavy atom. The van der Waals surface area contributed by atoms with Gasteiger partial charge in [0, 0.05) is 0 Å². The second-order valence-corrected chi connectivity index (χ2v) is 2.08. The number of carbonyl (C=O) groups excluding carboxylic acids is 1. The molecule has 12 heavy (non-hydrogen) atoms. The van der Waals surface area contributed by atoms with Crippen molar-refractivity contribution in [3.05, 3.63) is 23.7 Å². The van der Waals surface area contributed by atoms with Gasteiger partial charge >= 0.3 is 5.97 Å². The predicted molar refractivity (Wildman–Crippen MR) is 39.4 cm³/mol. The highest BCUT2D eigenvalue weighted by Crippen LogP contribution is 2.11. The van der Waals surface area contributed by atoms with E-state index >= 15 is 0 Å². The summed E-state index contributed by atoms with van der Waals surface area (Å²) in [6, 6.07) is 3.37. The zero-order chi connectivity index (χ0) is 8.97. The summed E-state index contributed by atoms with van der Waals surface area (Å²) >= 11 is 0. The van der Waals surface area contributed by atoms with Gasteiger partial charge in [-0.05, 0) is 6.07 Å². The standard InChI is InChI=1S/C8H7NO3/c1-11-8(10)6-3-5-12-7(6)2-4-9/h3,5H,2H2,1H3. The van der Waals surface area contributed by atoms with Gasteiger partial charge in [-0.2, -0.15) is 5.26 Å². The molecule has 0 atom stereocenters. The number of hydrogen-bond donors (Lipinski definition) is 0. The number of nitriles is 1. The number of furan rings is 1. The second-order valence-electron chi connectivity index (χ2n) is 2.08. The predicted octanol–water partition coefficient (Wildman–Crippen LogP) is 1.13. The third kappa shape index (κ3) is 1.45. The highest BCUT2D eigenvalue weighted by atomic mass is 16.5. The third-order valence-corrected chi connectivity index (χ3v) is 1.39. The van der Waals surface area contributed by atoms with Crippen molar-refractivity contribution in [1.82, 2.24) is 0 Å². The molecule has 1 aromatic rings. The van der Waals surface area contributed by atoms with Crippen LogP contribution in [0.3, 0.4) is 0 Å². The molecule has 0 N–H and O–H groups in total. The number of nitrogens with zero attached hydrogens (tertiary/aromatic N) is 1. The van der Waals surface area contributed by atoms with Crippen molar-refractivity contribution in [3.63, 3.8) is 0 Å². The normalized spacial score (nSPS) is 9.00. The van der Waals surface area contributed by atoms with Crippen molar-refractivity contribution in [2.24, 2.45) is 0 Å². The molecule has 62 valence electrons. The number of hydrogen-bond acceptors (Lipinski definition) is 4. The van der Waals surface area contributed by atoms with Gasteiger partial charge in [0.25, 0.3) is 0 Å². The fourth-order valence-corrected chi connectivity index (χ4v) is 0.841. The molecule has 0 bridgehead atoms. The van der Waals surface area contributed by atoms with Gasteiger partial charge in [0.1, 0.15) is 11.3 Å². The van der Waals surface area contributed by atoms with Crippen molar-refractivity contribution in [3.8, 4) is 6.07 Å². The monoisotopic (exact) mass is 165 g/mol. The van der Waals surface area contributed by atoms with Gasteiger partial charge in [-0.25, -0.2) is 4.79 Å². The number of rotatable bonds is 2. The summed E-state index contributed by atoms with van der Waals surface area (Å²) in [6.45, 7) is 0. The number of methoxy groups -OCH3 is 1. The van der Waals surface area contributed by atoms with Crippen LogP contribution in [0.15, 0.2) is 16.7 Å². The van der Waals surface area contributed by atoms with E-state index in [-0.39, 0.29) is 6.42 Å². The van der Waals surface area contributed by atoms with Crippen LogP contribution in [-0.4, -0.2) is 13.1 Å². The fourth-order valence-electron chi connectivity index (χ4n) is 0.841. The van der Waals surface area contributed by atoms with E-state index in [4.69, 9.17) is 9.68 Å². The van der Waals surface area contributed by atoms with Crippen LogP contribution in [0.4, 0.5) is 0 Å². The number of ether oxygens (including phenoxy) is 1. The van der Waals surface area contributed by atoms with Crippen LogP contribution in [0.5, 0.6) is 0 Å². The van der Waals surface area contributed by atoms with E-state index in [9.17, 15) is 4.79 Å². The van der Waals surface area contributed by atoms with E-state index in [0.29, 0.717) is 11.3 Å². The van der Waals surface area contributed by atoms with Crippen molar-refractivity contribution in [1.29, 1.82) is 5.26 Å². The van der Waals surface area contributed by atoms with E-state index < -0.39 is 5.97 Å². The van der Waals surface area contributed by atoms with Crippen molar-refractivity contribution >= 4 is 5.97 Å². The average molecular weight is 165 g/mol. The summed E-state index contributed by atoms with van der Waals surface area (Å²) in [5.41, 5.74) is 0.319. The summed E-state index contributed by atoms with van der Waals surface area (Å²) in [7, 11) is 1.28. The maximum absolute atomic E-state index is 11.0. The molecule has 0 aliphatic carbocycles. The SMILES string of the molecule is COC(=O)c1ccoc1CC#N. The molecule has 0 spiro atoms. The molecule has 1 rings (SSSR count). The Labute approximate surface area is 69.4 Å². The number of carbonyl (C=O) groups is 1. The van der Waals surface area contributed by atoms with E-state index in [1.165, 1.54) is 19.4 Å². The van der Waals surface area contributed by atoms with Gasteiger partial charge in [0.05, 0.1) is 25.9 Å². The molecule has 0 saturated carbocycles. The van der Waals surface area contributed by atoms with E-state index in [0.717, 1.165) is 0 Å². The minimum absolute atomic E-state index is 0.0808. The molecule has 4 heteroatoms. The first-order chi connectivity index (χ1) is 5.79. The van der Waals surface area contributed by atoms with E-state index in [2.05, 4.69) is 4.74 Å². The Hall–Kier alpha value is -1.76. The molecule has 4 nitrogen and oxygen atoms in total. The number of esters is 1. The molecule has 1 aromatic heterocycles. The maximum Gasteiger partial charge on any atom is 0.341 e. The zero-order valence-electron chi connectivity index (χ0n) is 6.53. The zero-order valence-corrected chi connectivity index (χ0v) is 6.53. The van der Waals surface area contributed by atoms with Gasteiger partial charge in [0.2, 0.25) is 0 Å². The average Bonchev–Trinajstić information content (AvgIpc) is 2.52.